The Bertz CT molecular complexity index is 393. The lowest BCUT2D eigenvalue weighted by Crippen LogP contribution is -2.36. The van der Waals surface area contributed by atoms with E-state index in [1.54, 1.807) is 0 Å². The molecule has 0 aromatic heterocycles. The van der Waals surface area contributed by atoms with E-state index in [1.807, 2.05) is 12.1 Å². The summed E-state index contributed by atoms with van der Waals surface area (Å²) in [6.07, 6.45) is 0. The van der Waals surface area contributed by atoms with Crippen LogP contribution in [0.3, 0.4) is 0 Å². The van der Waals surface area contributed by atoms with Crippen LogP contribution < -0.4 is 10.6 Å². The van der Waals surface area contributed by atoms with Gasteiger partial charge < -0.3 is 10.6 Å². The first kappa shape index (κ1) is 15.2. The van der Waals surface area contributed by atoms with Crippen molar-refractivity contribution in [1.29, 1.82) is 0 Å². The van der Waals surface area contributed by atoms with Gasteiger partial charge in [-0.15, -0.1) is 0 Å². The molecule has 1 atom stereocenters. The molecule has 1 amide bonds. The van der Waals surface area contributed by atoms with Gasteiger partial charge in [-0.2, -0.15) is 0 Å². The van der Waals surface area contributed by atoms with E-state index in [1.165, 1.54) is 5.56 Å². The first-order chi connectivity index (χ1) is 8.49. The second-order valence-corrected chi connectivity index (χ2v) is 5.77. The lowest BCUT2D eigenvalue weighted by atomic mass is 10.1. The van der Waals surface area contributed by atoms with E-state index in [0.717, 1.165) is 11.0 Å². The predicted molar refractivity (Wildman–Crippen MR) is 78.4 cm³/mol. The summed E-state index contributed by atoms with van der Waals surface area (Å²) in [7, 11) is 0. The topological polar surface area (TPSA) is 41.1 Å². The molecule has 1 aromatic rings. The quantitative estimate of drug-likeness (QED) is 0.848. The third-order valence-electron chi connectivity index (χ3n) is 2.62. The van der Waals surface area contributed by atoms with Crippen LogP contribution in [-0.4, -0.2) is 19.0 Å². The Balaban J connectivity index is 2.37. The van der Waals surface area contributed by atoms with Crippen molar-refractivity contribution in [1.82, 2.24) is 10.6 Å². The summed E-state index contributed by atoms with van der Waals surface area (Å²) in [4.78, 5) is 11.6. The standard InChI is InChI=1S/C14H21BrN2O/c1-10(2)8-17-14(18)9-16-11(3)12-5-4-6-13(15)7-12/h4-7,10-11,16H,8-9H2,1-3H3,(H,17,18)/t11-/m0/s1. The third kappa shape index (κ3) is 5.65. The molecule has 0 aliphatic heterocycles. The van der Waals surface area contributed by atoms with Crippen molar-refractivity contribution in [3.8, 4) is 0 Å². The van der Waals surface area contributed by atoms with E-state index in [0.29, 0.717) is 12.5 Å². The van der Waals surface area contributed by atoms with Crippen LogP contribution in [0.1, 0.15) is 32.4 Å². The highest BCUT2D eigenvalue weighted by atomic mass is 79.9. The molecule has 0 fully saturated rings. The summed E-state index contributed by atoms with van der Waals surface area (Å²) in [5.41, 5.74) is 1.17. The minimum Gasteiger partial charge on any atom is -0.355 e. The molecule has 18 heavy (non-hydrogen) atoms. The van der Waals surface area contributed by atoms with Gasteiger partial charge in [0.05, 0.1) is 6.54 Å². The molecule has 0 aliphatic rings. The highest BCUT2D eigenvalue weighted by Gasteiger charge is 2.08. The maximum absolute atomic E-state index is 11.6. The fourth-order valence-corrected chi connectivity index (χ4v) is 1.94. The molecule has 0 unspecified atom stereocenters. The minimum atomic E-state index is 0.0468. The Morgan fingerprint density at radius 1 is 1.33 bits per heavy atom. The molecule has 1 aromatic carbocycles. The number of hydrogen-bond donors (Lipinski definition) is 2. The van der Waals surface area contributed by atoms with Crippen LogP contribution in [0.5, 0.6) is 0 Å². The van der Waals surface area contributed by atoms with E-state index in [-0.39, 0.29) is 11.9 Å². The van der Waals surface area contributed by atoms with Crippen LogP contribution in [0, 0.1) is 5.92 Å². The number of benzene rings is 1. The minimum absolute atomic E-state index is 0.0468. The van der Waals surface area contributed by atoms with E-state index >= 15 is 0 Å². The number of carbonyl (C=O) groups is 1. The summed E-state index contributed by atoms with van der Waals surface area (Å²) in [5.74, 6) is 0.530. The molecule has 2 N–H and O–H groups in total. The van der Waals surface area contributed by atoms with Crippen LogP contribution in [0.25, 0.3) is 0 Å². The summed E-state index contributed by atoms with van der Waals surface area (Å²) >= 11 is 3.44. The molecule has 0 spiro atoms. The van der Waals surface area contributed by atoms with Crippen molar-refractivity contribution in [2.45, 2.75) is 26.8 Å². The van der Waals surface area contributed by atoms with Crippen molar-refractivity contribution >= 4 is 21.8 Å². The van der Waals surface area contributed by atoms with Crippen LogP contribution in [0.2, 0.25) is 0 Å². The lowest BCUT2D eigenvalue weighted by Gasteiger charge is -2.15. The fraction of sp³-hybridized carbons (Fsp3) is 0.500. The van der Waals surface area contributed by atoms with Gasteiger partial charge in [-0.3, -0.25) is 4.79 Å². The molecule has 0 aliphatic carbocycles. The number of amides is 1. The molecule has 100 valence electrons. The Kier molecular flexibility index (Phi) is 6.36. The lowest BCUT2D eigenvalue weighted by molar-refractivity contribution is -0.120. The van der Waals surface area contributed by atoms with Crippen LogP contribution >= 0.6 is 15.9 Å². The van der Waals surface area contributed by atoms with Crippen LogP contribution in [0.15, 0.2) is 28.7 Å². The Labute approximate surface area is 117 Å². The van der Waals surface area contributed by atoms with Crippen molar-refractivity contribution in [3.05, 3.63) is 34.3 Å². The van der Waals surface area contributed by atoms with Crippen molar-refractivity contribution in [2.24, 2.45) is 5.92 Å². The zero-order valence-corrected chi connectivity index (χ0v) is 12.8. The smallest absolute Gasteiger partial charge is 0.233 e. The number of hydrogen-bond acceptors (Lipinski definition) is 2. The fourth-order valence-electron chi connectivity index (χ4n) is 1.52. The van der Waals surface area contributed by atoms with Gasteiger partial charge in [-0.25, -0.2) is 0 Å². The monoisotopic (exact) mass is 312 g/mol. The van der Waals surface area contributed by atoms with Crippen molar-refractivity contribution in [3.63, 3.8) is 0 Å². The predicted octanol–water partition coefficient (Wildman–Crippen LogP) is 2.87. The SMILES string of the molecule is CC(C)CNC(=O)CN[C@@H](C)c1cccc(Br)c1. The summed E-state index contributed by atoms with van der Waals surface area (Å²) < 4.78 is 1.05. The molecule has 4 heteroatoms. The van der Waals surface area contributed by atoms with Gasteiger partial charge >= 0.3 is 0 Å². The average molecular weight is 313 g/mol. The second kappa shape index (κ2) is 7.54. The van der Waals surface area contributed by atoms with E-state index in [9.17, 15) is 4.79 Å². The molecule has 0 saturated heterocycles. The zero-order chi connectivity index (χ0) is 13.5. The maximum Gasteiger partial charge on any atom is 0.233 e. The number of nitrogens with one attached hydrogen (secondary N) is 2. The van der Waals surface area contributed by atoms with Crippen molar-refractivity contribution in [2.75, 3.05) is 13.1 Å². The molecule has 0 radical (unpaired) electrons. The van der Waals surface area contributed by atoms with Gasteiger partial charge in [-0.1, -0.05) is 41.9 Å². The van der Waals surface area contributed by atoms with Gasteiger partial charge in [0.2, 0.25) is 5.91 Å². The van der Waals surface area contributed by atoms with Gasteiger partial charge in [0, 0.05) is 17.1 Å². The molecular formula is C14H21BrN2O. The normalized spacial score (nSPS) is 12.5. The van der Waals surface area contributed by atoms with Gasteiger partial charge in [-0.05, 0) is 30.5 Å². The van der Waals surface area contributed by atoms with E-state index in [2.05, 4.69) is 59.5 Å². The van der Waals surface area contributed by atoms with Gasteiger partial charge in [0.15, 0.2) is 0 Å². The van der Waals surface area contributed by atoms with E-state index < -0.39 is 0 Å². The highest BCUT2D eigenvalue weighted by molar-refractivity contribution is 9.10. The molecule has 0 bridgehead atoms. The second-order valence-electron chi connectivity index (χ2n) is 4.86. The zero-order valence-electron chi connectivity index (χ0n) is 11.2. The third-order valence-corrected chi connectivity index (χ3v) is 3.12. The molecule has 3 nitrogen and oxygen atoms in total. The Hall–Kier alpha value is -0.870. The van der Waals surface area contributed by atoms with Crippen molar-refractivity contribution < 1.29 is 4.79 Å². The Morgan fingerprint density at radius 2 is 2.06 bits per heavy atom. The molecule has 0 saturated carbocycles. The molecule has 1 rings (SSSR count). The van der Waals surface area contributed by atoms with Crippen LogP contribution in [-0.2, 0) is 4.79 Å². The largest absolute Gasteiger partial charge is 0.355 e. The first-order valence-corrected chi connectivity index (χ1v) is 7.04. The number of carbonyl (C=O) groups excluding carboxylic acids is 1. The highest BCUT2D eigenvalue weighted by Crippen LogP contribution is 2.17. The maximum atomic E-state index is 11.6. The van der Waals surface area contributed by atoms with Gasteiger partial charge in [0.1, 0.15) is 0 Å². The van der Waals surface area contributed by atoms with E-state index in [4.69, 9.17) is 0 Å². The Morgan fingerprint density at radius 3 is 2.67 bits per heavy atom. The summed E-state index contributed by atoms with van der Waals surface area (Å²) in [5, 5.41) is 6.11. The average Bonchev–Trinajstić information content (AvgIpc) is 2.33. The van der Waals surface area contributed by atoms with Crippen LogP contribution in [0.4, 0.5) is 0 Å². The number of halogens is 1. The summed E-state index contributed by atoms with van der Waals surface area (Å²) in [6.45, 7) is 7.29. The first-order valence-electron chi connectivity index (χ1n) is 6.24. The molecule has 0 heterocycles. The van der Waals surface area contributed by atoms with Gasteiger partial charge in [0.25, 0.3) is 0 Å². The molecular weight excluding hydrogens is 292 g/mol. The number of rotatable bonds is 6. The summed E-state index contributed by atoms with van der Waals surface area (Å²) in [6, 6.07) is 8.26.